The molecule has 0 spiro atoms. The highest BCUT2D eigenvalue weighted by molar-refractivity contribution is 6.23. The predicted molar refractivity (Wildman–Crippen MR) is 130 cm³/mol. The number of rotatable bonds is 6. The van der Waals surface area contributed by atoms with Crippen LogP contribution in [-0.2, 0) is 4.79 Å². The molecule has 3 rings (SSSR count). The number of pyridine rings is 1. The van der Waals surface area contributed by atoms with Crippen LogP contribution in [0.1, 0.15) is 50.5 Å². The summed E-state index contributed by atoms with van der Waals surface area (Å²) in [5, 5.41) is 2.69. The normalized spacial score (nSPS) is 15.1. The molecule has 1 aromatic heterocycles. The van der Waals surface area contributed by atoms with Gasteiger partial charge < -0.3 is 10.2 Å². The van der Waals surface area contributed by atoms with Crippen LogP contribution in [0.15, 0.2) is 71.1 Å². The number of nitrogens with zero attached hydrogens (tertiary/aromatic N) is 3. The van der Waals surface area contributed by atoms with Gasteiger partial charge in [0.15, 0.2) is 0 Å². The van der Waals surface area contributed by atoms with Crippen molar-refractivity contribution in [2.45, 2.75) is 53.6 Å². The number of carbonyl (C=O) groups excluding carboxylic acids is 2. The lowest BCUT2D eigenvalue weighted by Crippen LogP contribution is -2.36. The number of allylic oxidation sites excluding steroid dienone is 3. The smallest absolute Gasteiger partial charge is 0.257 e. The van der Waals surface area contributed by atoms with Crippen LogP contribution in [0.2, 0.25) is 0 Å². The molecule has 2 aromatic rings. The Kier molecular flexibility index (Phi) is 7.03. The van der Waals surface area contributed by atoms with Crippen molar-refractivity contribution >= 4 is 28.8 Å². The summed E-state index contributed by atoms with van der Waals surface area (Å²) < 4.78 is 0. The minimum absolute atomic E-state index is 0.197. The molecule has 1 amide bonds. The molecule has 0 unspecified atom stereocenters. The lowest BCUT2D eigenvalue weighted by atomic mass is 10.0. The predicted octanol–water partition coefficient (Wildman–Crippen LogP) is 4.93. The van der Waals surface area contributed by atoms with Crippen LogP contribution in [0.4, 0.5) is 11.4 Å². The van der Waals surface area contributed by atoms with E-state index in [1.54, 1.807) is 24.4 Å². The van der Waals surface area contributed by atoms with Crippen LogP contribution >= 0.6 is 0 Å². The summed E-state index contributed by atoms with van der Waals surface area (Å²) in [6.07, 6.45) is 6.18. The number of benzene rings is 1. The fraction of sp³-hybridized carbons (Fsp3) is 0.308. The molecule has 1 heterocycles. The molecule has 0 fully saturated rings. The molecule has 166 valence electrons. The zero-order chi connectivity index (χ0) is 23.4. The molecule has 6 nitrogen and oxygen atoms in total. The summed E-state index contributed by atoms with van der Waals surface area (Å²) in [5.74, 6) is -0.636. The molecule has 1 aliphatic carbocycles. The second-order valence-corrected chi connectivity index (χ2v) is 8.51. The first kappa shape index (κ1) is 23.1. The molecule has 0 bridgehead atoms. The average Bonchev–Trinajstić information content (AvgIpc) is 2.73. The second kappa shape index (κ2) is 9.73. The molecule has 1 aliphatic rings. The third-order valence-electron chi connectivity index (χ3n) is 5.30. The van der Waals surface area contributed by atoms with Crippen LogP contribution in [0.25, 0.3) is 0 Å². The van der Waals surface area contributed by atoms with Crippen molar-refractivity contribution in [1.29, 1.82) is 0 Å². The SMILES string of the molecule is CC1=CC(=O)C(NC(=O)c2cccnc2)=CC1=Nc1ccc(N(C(C)C)C(C)C)cc1C. The van der Waals surface area contributed by atoms with Crippen LogP contribution in [0.5, 0.6) is 0 Å². The quantitative estimate of drug-likeness (QED) is 0.660. The van der Waals surface area contributed by atoms with Gasteiger partial charge >= 0.3 is 0 Å². The van der Waals surface area contributed by atoms with Gasteiger partial charge in [-0.1, -0.05) is 0 Å². The number of anilines is 1. The first-order chi connectivity index (χ1) is 15.2. The van der Waals surface area contributed by atoms with Gasteiger partial charge in [0.25, 0.3) is 5.91 Å². The monoisotopic (exact) mass is 430 g/mol. The second-order valence-electron chi connectivity index (χ2n) is 8.51. The lowest BCUT2D eigenvalue weighted by Gasteiger charge is -2.33. The number of aryl methyl sites for hydroxylation is 1. The van der Waals surface area contributed by atoms with E-state index in [0.717, 1.165) is 22.5 Å². The summed E-state index contributed by atoms with van der Waals surface area (Å²) in [5.41, 5.74) is 5.01. The van der Waals surface area contributed by atoms with Gasteiger partial charge in [-0.3, -0.25) is 14.6 Å². The highest BCUT2D eigenvalue weighted by Crippen LogP contribution is 2.28. The number of hydrogen-bond donors (Lipinski definition) is 1. The Labute approximate surface area is 189 Å². The zero-order valence-electron chi connectivity index (χ0n) is 19.5. The van der Waals surface area contributed by atoms with Gasteiger partial charge in [-0.25, -0.2) is 4.99 Å². The molecule has 0 aliphatic heterocycles. The largest absolute Gasteiger partial charge is 0.367 e. The minimum atomic E-state index is -0.381. The number of carbonyl (C=O) groups is 2. The number of hydrogen-bond acceptors (Lipinski definition) is 5. The molecule has 0 saturated heterocycles. The van der Waals surface area contributed by atoms with Crippen LogP contribution in [-0.4, -0.2) is 34.5 Å². The van der Waals surface area contributed by atoms with E-state index in [-0.39, 0.29) is 17.4 Å². The fourth-order valence-electron chi connectivity index (χ4n) is 3.83. The highest BCUT2D eigenvalue weighted by Gasteiger charge is 2.20. The summed E-state index contributed by atoms with van der Waals surface area (Å²) in [6.45, 7) is 12.6. The van der Waals surface area contributed by atoms with Gasteiger partial charge in [-0.2, -0.15) is 0 Å². The minimum Gasteiger partial charge on any atom is -0.367 e. The number of ketones is 1. The van der Waals surface area contributed by atoms with E-state index in [0.29, 0.717) is 23.4 Å². The summed E-state index contributed by atoms with van der Waals surface area (Å²) in [4.78, 5) is 36.0. The summed E-state index contributed by atoms with van der Waals surface area (Å²) >= 11 is 0. The van der Waals surface area contributed by atoms with Gasteiger partial charge in [0.05, 0.1) is 22.7 Å². The molecular formula is C26H30N4O2. The first-order valence-electron chi connectivity index (χ1n) is 10.8. The maximum absolute atomic E-state index is 12.5. The average molecular weight is 431 g/mol. The Morgan fingerprint density at radius 3 is 2.38 bits per heavy atom. The maximum Gasteiger partial charge on any atom is 0.257 e. The van der Waals surface area contributed by atoms with Gasteiger partial charge in [0.2, 0.25) is 5.78 Å². The Hall–Kier alpha value is -3.54. The van der Waals surface area contributed by atoms with Crippen LogP contribution in [0.3, 0.4) is 0 Å². The van der Waals surface area contributed by atoms with E-state index in [4.69, 9.17) is 4.99 Å². The third kappa shape index (κ3) is 5.19. The van der Waals surface area contributed by atoms with Crippen molar-refractivity contribution in [3.63, 3.8) is 0 Å². The van der Waals surface area contributed by atoms with E-state index in [9.17, 15) is 9.59 Å². The molecule has 0 atom stereocenters. The zero-order valence-corrected chi connectivity index (χ0v) is 19.5. The van der Waals surface area contributed by atoms with Crippen molar-refractivity contribution in [3.05, 3.63) is 77.3 Å². The Balaban J connectivity index is 1.90. The Morgan fingerprint density at radius 1 is 1.06 bits per heavy atom. The third-order valence-corrected chi connectivity index (χ3v) is 5.30. The lowest BCUT2D eigenvalue weighted by molar-refractivity contribution is -0.111. The highest BCUT2D eigenvalue weighted by atomic mass is 16.2. The van der Waals surface area contributed by atoms with E-state index in [2.05, 4.69) is 55.0 Å². The van der Waals surface area contributed by atoms with E-state index in [1.807, 2.05) is 19.9 Å². The van der Waals surface area contributed by atoms with Gasteiger partial charge in [0.1, 0.15) is 0 Å². The van der Waals surface area contributed by atoms with Crippen molar-refractivity contribution in [2.24, 2.45) is 4.99 Å². The van der Waals surface area contributed by atoms with Crippen molar-refractivity contribution < 1.29 is 9.59 Å². The van der Waals surface area contributed by atoms with Crippen molar-refractivity contribution in [3.8, 4) is 0 Å². The molecule has 0 radical (unpaired) electrons. The molecule has 1 aromatic carbocycles. The Bertz CT molecular complexity index is 1100. The van der Waals surface area contributed by atoms with Crippen LogP contribution in [0, 0.1) is 6.92 Å². The Morgan fingerprint density at radius 2 is 1.78 bits per heavy atom. The number of aromatic nitrogens is 1. The first-order valence-corrected chi connectivity index (χ1v) is 10.8. The standard InChI is InChI=1S/C26H30N4O2/c1-16(2)30(17(3)4)21-9-10-22(18(5)12-21)28-23-14-24(25(31)13-19(23)6)29-26(32)20-8-7-11-27-15-20/h7-17H,1-6H3,(H,29,32). The molecule has 6 heteroatoms. The molecular weight excluding hydrogens is 400 g/mol. The van der Waals surface area contributed by atoms with E-state index < -0.39 is 0 Å². The van der Waals surface area contributed by atoms with Gasteiger partial charge in [-0.15, -0.1) is 0 Å². The van der Waals surface area contributed by atoms with E-state index >= 15 is 0 Å². The molecule has 1 N–H and O–H groups in total. The number of amides is 1. The summed E-state index contributed by atoms with van der Waals surface area (Å²) in [7, 11) is 0. The van der Waals surface area contributed by atoms with Gasteiger partial charge in [0, 0.05) is 30.2 Å². The fourth-order valence-corrected chi connectivity index (χ4v) is 3.83. The van der Waals surface area contributed by atoms with E-state index in [1.165, 1.54) is 12.3 Å². The topological polar surface area (TPSA) is 74.7 Å². The molecule has 32 heavy (non-hydrogen) atoms. The van der Waals surface area contributed by atoms with Crippen molar-refractivity contribution in [1.82, 2.24) is 10.3 Å². The van der Waals surface area contributed by atoms with Crippen LogP contribution < -0.4 is 10.2 Å². The number of nitrogens with one attached hydrogen (secondary N) is 1. The maximum atomic E-state index is 12.5. The number of aliphatic imine (C=N–C) groups is 1. The van der Waals surface area contributed by atoms with Crippen molar-refractivity contribution in [2.75, 3.05) is 4.90 Å². The summed E-state index contributed by atoms with van der Waals surface area (Å²) in [6, 6.07) is 10.3. The molecule has 0 saturated carbocycles. The van der Waals surface area contributed by atoms with Gasteiger partial charge in [-0.05, 0) is 95.2 Å².